The van der Waals surface area contributed by atoms with Crippen molar-refractivity contribution in [1.82, 2.24) is 4.98 Å². The maximum Gasteiger partial charge on any atom is 0.412 e. The first-order valence-electron chi connectivity index (χ1n) is 7.25. The van der Waals surface area contributed by atoms with E-state index in [1.54, 1.807) is 45.0 Å². The average molecular weight is 329 g/mol. The van der Waals surface area contributed by atoms with E-state index >= 15 is 0 Å². The van der Waals surface area contributed by atoms with Gasteiger partial charge in [-0.25, -0.2) is 9.59 Å². The van der Waals surface area contributed by atoms with Crippen LogP contribution in [0.15, 0.2) is 36.5 Å². The van der Waals surface area contributed by atoms with E-state index in [0.717, 1.165) is 0 Å². The van der Waals surface area contributed by atoms with Gasteiger partial charge in [-0.3, -0.25) is 10.3 Å². The average Bonchev–Trinajstić information content (AvgIpc) is 2.45. The number of rotatable bonds is 3. The Kier molecular flexibility index (Phi) is 4.73. The quantitative estimate of drug-likeness (QED) is 0.744. The number of carboxylic acids is 1. The Morgan fingerprint density at radius 1 is 1.25 bits per heavy atom. The summed E-state index contributed by atoms with van der Waals surface area (Å²) in [7, 11) is 0. The van der Waals surface area contributed by atoms with Crippen LogP contribution in [0.3, 0.4) is 0 Å². The topological polar surface area (TPSA) is 115 Å². The normalized spacial score (nSPS) is 11.0. The zero-order valence-corrected chi connectivity index (χ0v) is 13.7. The van der Waals surface area contributed by atoms with E-state index in [0.29, 0.717) is 16.9 Å². The lowest BCUT2D eigenvalue weighted by atomic mass is 10.1. The van der Waals surface area contributed by atoms with Crippen LogP contribution in [0, 0.1) is 0 Å². The largest absolute Gasteiger partial charge is 0.478 e. The van der Waals surface area contributed by atoms with Crippen molar-refractivity contribution in [3.8, 4) is 11.3 Å². The molecule has 0 saturated carbocycles. The molecule has 4 N–H and O–H groups in total. The summed E-state index contributed by atoms with van der Waals surface area (Å²) in [6.45, 7) is 5.15. The van der Waals surface area contributed by atoms with Gasteiger partial charge >= 0.3 is 12.1 Å². The Labute approximate surface area is 139 Å². The number of anilines is 2. The van der Waals surface area contributed by atoms with Crippen LogP contribution in [0.25, 0.3) is 11.3 Å². The van der Waals surface area contributed by atoms with Gasteiger partial charge in [-0.05, 0) is 39.0 Å². The number of carbonyl (C=O) groups excluding carboxylic acids is 1. The van der Waals surface area contributed by atoms with Gasteiger partial charge in [0.05, 0.1) is 16.9 Å². The minimum Gasteiger partial charge on any atom is -0.478 e. The molecule has 0 bridgehead atoms. The fourth-order valence-electron chi connectivity index (χ4n) is 2.08. The number of amides is 1. The van der Waals surface area contributed by atoms with Crippen molar-refractivity contribution >= 4 is 23.4 Å². The SMILES string of the molecule is CC(C)(C)OC(=O)Nc1c(C(=O)O)ccnc1-c1cccc(N)c1. The molecule has 2 aromatic rings. The number of aromatic carboxylic acids is 1. The second kappa shape index (κ2) is 6.57. The van der Waals surface area contributed by atoms with Gasteiger partial charge in [0.25, 0.3) is 0 Å². The van der Waals surface area contributed by atoms with Crippen LogP contribution in [0.5, 0.6) is 0 Å². The highest BCUT2D eigenvalue weighted by atomic mass is 16.6. The van der Waals surface area contributed by atoms with Crippen molar-refractivity contribution in [2.24, 2.45) is 0 Å². The van der Waals surface area contributed by atoms with Crippen LogP contribution in [0.1, 0.15) is 31.1 Å². The summed E-state index contributed by atoms with van der Waals surface area (Å²) in [6.07, 6.45) is 0.602. The summed E-state index contributed by atoms with van der Waals surface area (Å²) >= 11 is 0. The van der Waals surface area contributed by atoms with E-state index in [1.165, 1.54) is 12.3 Å². The lowest BCUT2D eigenvalue weighted by molar-refractivity contribution is 0.0636. The highest BCUT2D eigenvalue weighted by Crippen LogP contribution is 2.30. The van der Waals surface area contributed by atoms with E-state index in [1.807, 2.05) is 0 Å². The van der Waals surface area contributed by atoms with Gasteiger partial charge in [-0.15, -0.1) is 0 Å². The van der Waals surface area contributed by atoms with Gasteiger partial charge in [-0.1, -0.05) is 12.1 Å². The molecule has 0 fully saturated rings. The number of aromatic nitrogens is 1. The molecule has 1 aromatic carbocycles. The number of nitrogens with zero attached hydrogens (tertiary/aromatic N) is 1. The lowest BCUT2D eigenvalue weighted by Crippen LogP contribution is -2.28. The number of carbonyl (C=O) groups is 2. The first kappa shape index (κ1) is 17.3. The molecule has 24 heavy (non-hydrogen) atoms. The molecule has 126 valence electrons. The molecule has 0 unspecified atom stereocenters. The molecular weight excluding hydrogens is 310 g/mol. The molecule has 1 aromatic heterocycles. The van der Waals surface area contributed by atoms with E-state index in [4.69, 9.17) is 10.5 Å². The minimum atomic E-state index is -1.19. The van der Waals surface area contributed by atoms with Gasteiger partial charge in [0.1, 0.15) is 5.60 Å². The Morgan fingerprint density at radius 3 is 2.54 bits per heavy atom. The Morgan fingerprint density at radius 2 is 1.96 bits per heavy atom. The molecule has 0 radical (unpaired) electrons. The van der Waals surface area contributed by atoms with Crippen molar-refractivity contribution in [3.05, 3.63) is 42.1 Å². The monoisotopic (exact) mass is 329 g/mol. The standard InChI is InChI=1S/C17H19N3O4/c1-17(2,3)24-16(23)20-14-12(15(21)22)7-8-19-13(14)10-5-4-6-11(18)9-10/h4-9H,18H2,1-3H3,(H,20,23)(H,21,22). The molecule has 2 rings (SSSR count). The summed E-state index contributed by atoms with van der Waals surface area (Å²) < 4.78 is 5.20. The van der Waals surface area contributed by atoms with Crippen molar-refractivity contribution in [2.75, 3.05) is 11.1 Å². The highest BCUT2D eigenvalue weighted by Gasteiger charge is 2.22. The molecule has 0 saturated heterocycles. The van der Waals surface area contributed by atoms with Gasteiger partial charge in [0.2, 0.25) is 0 Å². The van der Waals surface area contributed by atoms with E-state index < -0.39 is 17.7 Å². The van der Waals surface area contributed by atoms with Crippen molar-refractivity contribution in [3.63, 3.8) is 0 Å². The maximum atomic E-state index is 12.1. The van der Waals surface area contributed by atoms with Crippen LogP contribution in [-0.2, 0) is 4.74 Å². The molecule has 0 atom stereocenters. The second-order valence-corrected chi connectivity index (χ2v) is 6.14. The third-order valence-electron chi connectivity index (χ3n) is 2.97. The number of pyridine rings is 1. The molecule has 0 aliphatic heterocycles. The second-order valence-electron chi connectivity index (χ2n) is 6.14. The number of hydrogen-bond acceptors (Lipinski definition) is 5. The fourth-order valence-corrected chi connectivity index (χ4v) is 2.08. The summed E-state index contributed by atoms with van der Waals surface area (Å²) in [6, 6.07) is 8.10. The molecule has 7 heteroatoms. The zero-order valence-electron chi connectivity index (χ0n) is 13.7. The Balaban J connectivity index is 2.50. The number of nitrogens with two attached hydrogens (primary N) is 1. The predicted octanol–water partition coefficient (Wildman–Crippen LogP) is 3.38. The van der Waals surface area contributed by atoms with Crippen LogP contribution in [-0.4, -0.2) is 27.8 Å². The number of carboxylic acid groups (broad SMARTS) is 1. The smallest absolute Gasteiger partial charge is 0.412 e. The third-order valence-corrected chi connectivity index (χ3v) is 2.97. The van der Waals surface area contributed by atoms with Crippen LogP contribution in [0.4, 0.5) is 16.2 Å². The third kappa shape index (κ3) is 4.22. The maximum absolute atomic E-state index is 12.1. The summed E-state index contributed by atoms with van der Waals surface area (Å²) in [5.74, 6) is -1.19. The zero-order chi connectivity index (χ0) is 17.9. The number of ether oxygens (including phenoxy) is 1. The van der Waals surface area contributed by atoms with Crippen molar-refractivity contribution in [1.29, 1.82) is 0 Å². The number of nitrogens with one attached hydrogen (secondary N) is 1. The molecule has 0 spiro atoms. The first-order valence-corrected chi connectivity index (χ1v) is 7.25. The van der Waals surface area contributed by atoms with Crippen LogP contribution in [0.2, 0.25) is 0 Å². The number of hydrogen-bond donors (Lipinski definition) is 3. The van der Waals surface area contributed by atoms with E-state index in [9.17, 15) is 14.7 Å². The molecular formula is C17H19N3O4. The van der Waals surface area contributed by atoms with Crippen molar-refractivity contribution < 1.29 is 19.4 Å². The van der Waals surface area contributed by atoms with E-state index in [2.05, 4.69) is 10.3 Å². The molecule has 1 amide bonds. The van der Waals surface area contributed by atoms with Gasteiger partial charge in [-0.2, -0.15) is 0 Å². The van der Waals surface area contributed by atoms with Crippen LogP contribution >= 0.6 is 0 Å². The van der Waals surface area contributed by atoms with Gasteiger partial charge in [0, 0.05) is 17.4 Å². The molecule has 7 nitrogen and oxygen atoms in total. The molecule has 0 aliphatic rings. The molecule has 0 aliphatic carbocycles. The summed E-state index contributed by atoms with van der Waals surface area (Å²) in [5, 5.41) is 11.9. The summed E-state index contributed by atoms with van der Waals surface area (Å²) in [4.78, 5) is 27.8. The number of nitrogen functional groups attached to an aromatic ring is 1. The fraction of sp³-hybridized carbons (Fsp3) is 0.235. The summed E-state index contributed by atoms with van der Waals surface area (Å²) in [5.41, 5.74) is 6.41. The Bertz CT molecular complexity index is 782. The van der Waals surface area contributed by atoms with Gasteiger partial charge in [0.15, 0.2) is 0 Å². The lowest BCUT2D eigenvalue weighted by Gasteiger charge is -2.21. The number of benzene rings is 1. The predicted molar refractivity (Wildman–Crippen MR) is 90.9 cm³/mol. The van der Waals surface area contributed by atoms with E-state index in [-0.39, 0.29) is 11.3 Å². The van der Waals surface area contributed by atoms with Crippen LogP contribution < -0.4 is 11.1 Å². The first-order chi connectivity index (χ1) is 11.2. The Hall–Kier alpha value is -3.09. The minimum absolute atomic E-state index is 0.0600. The molecule has 1 heterocycles. The van der Waals surface area contributed by atoms with Gasteiger partial charge < -0.3 is 15.6 Å². The van der Waals surface area contributed by atoms with Crippen molar-refractivity contribution in [2.45, 2.75) is 26.4 Å². The highest BCUT2D eigenvalue weighted by molar-refractivity contribution is 6.03.